The van der Waals surface area contributed by atoms with Crippen molar-refractivity contribution < 1.29 is 0 Å². The van der Waals surface area contributed by atoms with E-state index in [4.69, 9.17) is 9.97 Å². The average Bonchev–Trinajstić information content (AvgIpc) is 3.64. The predicted octanol–water partition coefficient (Wildman–Crippen LogP) is 8.86. The number of aryl methyl sites for hydroxylation is 2. The van der Waals surface area contributed by atoms with Gasteiger partial charge in [-0.3, -0.25) is 9.97 Å². The zero-order valence-corrected chi connectivity index (χ0v) is 22.9. The van der Waals surface area contributed by atoms with E-state index in [2.05, 4.69) is 108 Å². The molecule has 0 saturated heterocycles. The third-order valence-corrected chi connectivity index (χ3v) is 8.73. The maximum absolute atomic E-state index is 4.77. The number of nitrogens with zero attached hydrogens (tertiary/aromatic N) is 4. The molecule has 1 aliphatic rings. The highest BCUT2D eigenvalue weighted by Crippen LogP contribution is 2.41. The van der Waals surface area contributed by atoms with Gasteiger partial charge in [-0.25, -0.2) is 0 Å². The van der Waals surface area contributed by atoms with Crippen LogP contribution in [0.25, 0.3) is 66.4 Å². The number of aromatic nitrogens is 4. The van der Waals surface area contributed by atoms with Crippen molar-refractivity contribution in [2.45, 2.75) is 20.3 Å². The van der Waals surface area contributed by atoms with Gasteiger partial charge < -0.3 is 9.13 Å². The molecule has 0 aliphatic heterocycles. The van der Waals surface area contributed by atoms with E-state index < -0.39 is 0 Å². The first kappa shape index (κ1) is 22.6. The first-order valence-corrected chi connectivity index (χ1v) is 14.1. The van der Waals surface area contributed by atoms with Crippen LogP contribution in [0.15, 0.2) is 109 Å². The summed E-state index contributed by atoms with van der Waals surface area (Å²) >= 11 is 0. The number of rotatable bonds is 2. The second kappa shape index (κ2) is 8.15. The molecule has 1 aliphatic carbocycles. The lowest BCUT2D eigenvalue weighted by atomic mass is 10.0. The zero-order chi connectivity index (χ0) is 27.2. The van der Waals surface area contributed by atoms with Crippen LogP contribution in [0.2, 0.25) is 0 Å². The molecule has 41 heavy (non-hydrogen) atoms. The van der Waals surface area contributed by atoms with Crippen LogP contribution < -0.4 is 0 Å². The lowest BCUT2D eigenvalue weighted by molar-refractivity contribution is 1.16. The van der Waals surface area contributed by atoms with Crippen molar-refractivity contribution >= 4 is 43.9 Å². The van der Waals surface area contributed by atoms with Crippen molar-refractivity contribution in [1.29, 1.82) is 0 Å². The van der Waals surface area contributed by atoms with Gasteiger partial charge in [-0.15, -0.1) is 0 Å². The molecule has 0 saturated carbocycles. The molecule has 4 heterocycles. The van der Waals surface area contributed by atoms with Crippen LogP contribution in [0.3, 0.4) is 0 Å². The summed E-state index contributed by atoms with van der Waals surface area (Å²) in [5.41, 5.74) is 16.9. The first-order chi connectivity index (χ1) is 20.1. The molecule has 0 unspecified atom stereocenters. The van der Waals surface area contributed by atoms with Gasteiger partial charge in [-0.2, -0.15) is 0 Å². The fourth-order valence-electron chi connectivity index (χ4n) is 6.88. The molecule has 4 nitrogen and oxygen atoms in total. The predicted molar refractivity (Wildman–Crippen MR) is 168 cm³/mol. The summed E-state index contributed by atoms with van der Waals surface area (Å²) in [5.74, 6) is 0. The quantitative estimate of drug-likeness (QED) is 0.226. The van der Waals surface area contributed by atoms with Gasteiger partial charge in [-0.05, 0) is 115 Å². The van der Waals surface area contributed by atoms with Crippen molar-refractivity contribution in [3.8, 4) is 22.5 Å². The molecule has 0 amide bonds. The molecule has 0 fully saturated rings. The molecule has 4 heteroatoms. The van der Waals surface area contributed by atoms with Crippen LogP contribution in [0, 0.1) is 13.8 Å². The third kappa shape index (κ3) is 3.16. The molecule has 4 aromatic carbocycles. The Morgan fingerprint density at radius 3 is 1.49 bits per heavy atom. The number of hydrogen-bond acceptors (Lipinski definition) is 2. The minimum atomic E-state index is 0.951. The van der Waals surface area contributed by atoms with Crippen molar-refractivity contribution in [2.24, 2.45) is 0 Å². The highest BCUT2D eigenvalue weighted by Gasteiger charge is 2.22. The standard InChI is InChI=1S/C37H26N4/c1-22-7-13-32-30(17-22)36-34(5-3-15-38-36)40(32)26-11-9-24-19-25-10-12-27(21-29(25)28(24)20-26)41-33-14-8-23(2)18-31(33)37-35(41)6-4-16-39-37/h3-18,20-21H,19H2,1-2H3. The zero-order valence-electron chi connectivity index (χ0n) is 22.9. The van der Waals surface area contributed by atoms with E-state index in [9.17, 15) is 0 Å². The van der Waals surface area contributed by atoms with E-state index in [1.807, 2.05) is 24.5 Å². The van der Waals surface area contributed by atoms with E-state index in [1.165, 1.54) is 55.2 Å². The van der Waals surface area contributed by atoms with E-state index in [0.29, 0.717) is 0 Å². The van der Waals surface area contributed by atoms with Gasteiger partial charge in [0.05, 0.1) is 33.1 Å². The molecule has 0 bridgehead atoms. The van der Waals surface area contributed by atoms with Gasteiger partial charge in [0.2, 0.25) is 0 Å². The number of benzene rings is 4. The Bertz CT molecular complexity index is 2200. The molecule has 9 rings (SSSR count). The topological polar surface area (TPSA) is 35.6 Å². The molecule has 4 aromatic heterocycles. The second-order valence-corrected chi connectivity index (χ2v) is 11.3. The Labute approximate surface area is 237 Å². The summed E-state index contributed by atoms with van der Waals surface area (Å²) < 4.78 is 4.72. The maximum atomic E-state index is 4.77. The number of pyridine rings is 2. The maximum Gasteiger partial charge on any atom is 0.0963 e. The van der Waals surface area contributed by atoms with Gasteiger partial charge in [0.15, 0.2) is 0 Å². The van der Waals surface area contributed by atoms with Crippen LogP contribution in [-0.4, -0.2) is 19.1 Å². The normalized spacial score (nSPS) is 12.5. The van der Waals surface area contributed by atoms with E-state index in [-0.39, 0.29) is 0 Å². The minimum Gasteiger partial charge on any atom is -0.308 e. The third-order valence-electron chi connectivity index (χ3n) is 8.73. The van der Waals surface area contributed by atoms with Gasteiger partial charge >= 0.3 is 0 Å². The van der Waals surface area contributed by atoms with Gasteiger partial charge in [0.25, 0.3) is 0 Å². The lowest BCUT2D eigenvalue weighted by Gasteiger charge is -2.12. The molecule has 0 radical (unpaired) electrons. The average molecular weight is 527 g/mol. The molecule has 8 aromatic rings. The summed E-state index contributed by atoms with van der Waals surface area (Å²) in [6.07, 6.45) is 4.73. The monoisotopic (exact) mass is 526 g/mol. The first-order valence-electron chi connectivity index (χ1n) is 14.1. The van der Waals surface area contributed by atoms with Gasteiger partial charge in [0.1, 0.15) is 0 Å². The van der Waals surface area contributed by atoms with Crippen LogP contribution in [0.1, 0.15) is 22.3 Å². The Hall–Kier alpha value is -5.22. The van der Waals surface area contributed by atoms with Crippen LogP contribution >= 0.6 is 0 Å². The smallest absolute Gasteiger partial charge is 0.0963 e. The molecule has 0 spiro atoms. The summed E-state index contributed by atoms with van der Waals surface area (Å²) in [6.45, 7) is 4.29. The Balaban J connectivity index is 1.26. The van der Waals surface area contributed by atoms with E-state index in [1.54, 1.807) is 0 Å². The summed E-state index contributed by atoms with van der Waals surface area (Å²) in [7, 11) is 0. The van der Waals surface area contributed by atoms with Crippen molar-refractivity contribution in [1.82, 2.24) is 19.1 Å². The minimum absolute atomic E-state index is 0.951. The van der Waals surface area contributed by atoms with Crippen LogP contribution in [0.4, 0.5) is 0 Å². The number of hydrogen-bond donors (Lipinski definition) is 0. The summed E-state index contributed by atoms with van der Waals surface area (Å²) in [5, 5.41) is 2.39. The molecular formula is C37H26N4. The largest absolute Gasteiger partial charge is 0.308 e. The highest BCUT2D eigenvalue weighted by molar-refractivity contribution is 6.08. The summed E-state index contributed by atoms with van der Waals surface area (Å²) in [6, 6.07) is 35.6. The Morgan fingerprint density at radius 1 is 0.512 bits per heavy atom. The van der Waals surface area contributed by atoms with Crippen molar-refractivity contribution in [3.05, 3.63) is 132 Å². The summed E-state index contributed by atoms with van der Waals surface area (Å²) in [4.78, 5) is 9.54. The van der Waals surface area contributed by atoms with Gasteiger partial charge in [0, 0.05) is 34.5 Å². The lowest BCUT2D eigenvalue weighted by Crippen LogP contribution is -1.96. The van der Waals surface area contributed by atoms with Crippen LogP contribution in [0.5, 0.6) is 0 Å². The molecule has 0 N–H and O–H groups in total. The molecule has 194 valence electrons. The highest BCUT2D eigenvalue weighted by atomic mass is 15.0. The van der Waals surface area contributed by atoms with E-state index in [0.717, 1.165) is 39.9 Å². The SMILES string of the molecule is Cc1ccc2c(c1)c1ncccc1n2-c1ccc2c(c1)-c1cc(-n3c4ccc(C)cc4c4ncccc43)ccc1C2. The fraction of sp³-hybridized carbons (Fsp3) is 0.0811. The van der Waals surface area contributed by atoms with Gasteiger partial charge in [-0.1, -0.05) is 35.4 Å². The van der Waals surface area contributed by atoms with Crippen molar-refractivity contribution in [3.63, 3.8) is 0 Å². The van der Waals surface area contributed by atoms with Crippen LogP contribution in [-0.2, 0) is 6.42 Å². The fourth-order valence-corrected chi connectivity index (χ4v) is 6.88. The van der Waals surface area contributed by atoms with E-state index >= 15 is 0 Å². The molecule has 0 atom stereocenters. The number of fused-ring (bicyclic) bond motifs is 9. The Kier molecular flexibility index (Phi) is 4.49. The second-order valence-electron chi connectivity index (χ2n) is 11.3. The Morgan fingerprint density at radius 2 is 1.00 bits per heavy atom. The molecular weight excluding hydrogens is 500 g/mol. The van der Waals surface area contributed by atoms with Crippen molar-refractivity contribution in [2.75, 3.05) is 0 Å².